The molecular formula is C18H22N4OS. The number of hydrogen-bond donors (Lipinski definition) is 2. The second-order valence-electron chi connectivity index (χ2n) is 6.86. The number of aromatic nitrogens is 3. The standard InChI is InChI=1S/C18H22N4OS/c23-17(19-15-9-13-6-7-14(15)8-13)11-24-18-20-16(21-22-18)10-12-4-2-1-3-5-12/h1-5,13-15H,6-11H2,(H,19,23)(H,20,21,22). The van der Waals surface area contributed by atoms with Gasteiger partial charge in [0.05, 0.1) is 5.75 Å². The van der Waals surface area contributed by atoms with Crippen LogP contribution in [0, 0.1) is 11.8 Å². The highest BCUT2D eigenvalue weighted by Crippen LogP contribution is 2.44. The van der Waals surface area contributed by atoms with Crippen molar-refractivity contribution in [2.45, 2.75) is 43.3 Å². The van der Waals surface area contributed by atoms with Crippen LogP contribution in [0.15, 0.2) is 35.5 Å². The molecule has 4 rings (SSSR count). The molecule has 2 saturated carbocycles. The molecule has 0 aliphatic heterocycles. The monoisotopic (exact) mass is 342 g/mol. The van der Waals surface area contributed by atoms with Crippen molar-refractivity contribution in [3.8, 4) is 0 Å². The Balaban J connectivity index is 1.25. The van der Waals surface area contributed by atoms with Crippen molar-refractivity contribution in [3.05, 3.63) is 41.7 Å². The van der Waals surface area contributed by atoms with E-state index in [0.717, 1.165) is 18.2 Å². The Bertz CT molecular complexity index is 702. The van der Waals surface area contributed by atoms with Crippen LogP contribution >= 0.6 is 11.8 Å². The molecule has 6 heteroatoms. The molecule has 2 fully saturated rings. The smallest absolute Gasteiger partial charge is 0.230 e. The maximum atomic E-state index is 12.1. The van der Waals surface area contributed by atoms with Crippen LogP contribution in [0.2, 0.25) is 0 Å². The Morgan fingerprint density at radius 1 is 1.25 bits per heavy atom. The zero-order chi connectivity index (χ0) is 16.4. The lowest BCUT2D eigenvalue weighted by Crippen LogP contribution is -2.39. The first-order valence-corrected chi connectivity index (χ1v) is 9.62. The molecule has 1 aromatic heterocycles. The van der Waals surface area contributed by atoms with Gasteiger partial charge in [-0.05, 0) is 36.7 Å². The maximum absolute atomic E-state index is 12.1. The molecule has 2 aliphatic carbocycles. The van der Waals surface area contributed by atoms with E-state index in [-0.39, 0.29) is 5.91 Å². The van der Waals surface area contributed by atoms with Gasteiger partial charge in [-0.2, -0.15) is 0 Å². The van der Waals surface area contributed by atoms with Gasteiger partial charge in [0.15, 0.2) is 0 Å². The molecule has 1 amide bonds. The second kappa shape index (κ2) is 6.97. The Hall–Kier alpha value is -1.82. The van der Waals surface area contributed by atoms with Gasteiger partial charge in [0.2, 0.25) is 11.1 Å². The van der Waals surface area contributed by atoms with Crippen molar-refractivity contribution in [2.75, 3.05) is 5.75 Å². The quantitative estimate of drug-likeness (QED) is 0.792. The van der Waals surface area contributed by atoms with Crippen LogP contribution in [0.25, 0.3) is 0 Å². The van der Waals surface area contributed by atoms with E-state index < -0.39 is 0 Å². The summed E-state index contributed by atoms with van der Waals surface area (Å²) in [6, 6.07) is 10.6. The van der Waals surface area contributed by atoms with Crippen LogP contribution in [0.4, 0.5) is 0 Å². The second-order valence-corrected chi connectivity index (χ2v) is 7.81. The number of rotatable bonds is 6. The molecule has 1 heterocycles. The number of nitrogens with zero attached hydrogens (tertiary/aromatic N) is 2. The number of aromatic amines is 1. The van der Waals surface area contributed by atoms with Crippen molar-refractivity contribution >= 4 is 17.7 Å². The van der Waals surface area contributed by atoms with Gasteiger partial charge >= 0.3 is 0 Å². The van der Waals surface area contributed by atoms with Gasteiger partial charge < -0.3 is 5.32 Å². The SMILES string of the molecule is O=C(CSc1n[nH]c(Cc2ccccc2)n1)NC1CC2CCC1C2. The van der Waals surface area contributed by atoms with Crippen molar-refractivity contribution in [2.24, 2.45) is 11.8 Å². The number of H-pyrrole nitrogens is 1. The molecule has 0 spiro atoms. The summed E-state index contributed by atoms with van der Waals surface area (Å²) in [7, 11) is 0. The van der Waals surface area contributed by atoms with Crippen LogP contribution in [-0.2, 0) is 11.2 Å². The van der Waals surface area contributed by atoms with Crippen LogP contribution in [0.1, 0.15) is 37.1 Å². The van der Waals surface area contributed by atoms with E-state index in [9.17, 15) is 4.79 Å². The minimum atomic E-state index is 0.104. The molecule has 24 heavy (non-hydrogen) atoms. The summed E-state index contributed by atoms with van der Waals surface area (Å²) < 4.78 is 0. The van der Waals surface area contributed by atoms with Crippen LogP contribution in [0.5, 0.6) is 0 Å². The Morgan fingerprint density at radius 2 is 2.12 bits per heavy atom. The fourth-order valence-electron chi connectivity index (χ4n) is 4.01. The van der Waals surface area contributed by atoms with Gasteiger partial charge in [-0.15, -0.1) is 5.10 Å². The third-order valence-electron chi connectivity index (χ3n) is 5.14. The number of nitrogens with one attached hydrogen (secondary N) is 2. The summed E-state index contributed by atoms with van der Waals surface area (Å²) in [5, 5.41) is 11.0. The number of amides is 1. The minimum absolute atomic E-state index is 0.104. The summed E-state index contributed by atoms with van der Waals surface area (Å²) in [6.45, 7) is 0. The van der Waals surface area contributed by atoms with E-state index in [2.05, 4.69) is 32.6 Å². The first kappa shape index (κ1) is 15.7. The van der Waals surface area contributed by atoms with Gasteiger partial charge in [0.25, 0.3) is 0 Å². The molecule has 3 unspecified atom stereocenters. The molecule has 2 N–H and O–H groups in total. The van der Waals surface area contributed by atoms with Gasteiger partial charge in [0.1, 0.15) is 5.82 Å². The molecule has 1 aromatic carbocycles. The Kier molecular flexibility index (Phi) is 4.56. The van der Waals surface area contributed by atoms with Crippen LogP contribution in [0.3, 0.4) is 0 Å². The van der Waals surface area contributed by atoms with Crippen molar-refractivity contribution < 1.29 is 4.79 Å². The lowest BCUT2D eigenvalue weighted by molar-refractivity contribution is -0.119. The molecule has 5 nitrogen and oxygen atoms in total. The van der Waals surface area contributed by atoms with Crippen molar-refractivity contribution in [3.63, 3.8) is 0 Å². The first-order valence-electron chi connectivity index (χ1n) is 8.63. The van der Waals surface area contributed by atoms with Crippen LogP contribution in [-0.4, -0.2) is 32.9 Å². The van der Waals surface area contributed by atoms with Gasteiger partial charge in [-0.1, -0.05) is 48.5 Å². The Morgan fingerprint density at radius 3 is 2.88 bits per heavy atom. The number of thioether (sulfide) groups is 1. The van der Waals surface area contributed by atoms with Crippen molar-refractivity contribution in [1.29, 1.82) is 0 Å². The zero-order valence-electron chi connectivity index (χ0n) is 13.6. The third-order valence-corrected chi connectivity index (χ3v) is 5.99. The van der Waals surface area contributed by atoms with E-state index in [0.29, 0.717) is 22.9 Å². The molecular weight excluding hydrogens is 320 g/mol. The molecule has 0 radical (unpaired) electrons. The lowest BCUT2D eigenvalue weighted by Gasteiger charge is -2.22. The average molecular weight is 342 g/mol. The molecule has 3 atom stereocenters. The highest BCUT2D eigenvalue weighted by molar-refractivity contribution is 7.99. The number of carbonyl (C=O) groups is 1. The van der Waals surface area contributed by atoms with E-state index >= 15 is 0 Å². The minimum Gasteiger partial charge on any atom is -0.352 e. The largest absolute Gasteiger partial charge is 0.352 e. The van der Waals surface area contributed by atoms with E-state index in [1.54, 1.807) is 0 Å². The van der Waals surface area contributed by atoms with Gasteiger partial charge in [-0.25, -0.2) is 4.98 Å². The molecule has 2 bridgehead atoms. The predicted molar refractivity (Wildman–Crippen MR) is 93.7 cm³/mol. The lowest BCUT2D eigenvalue weighted by atomic mass is 9.95. The first-order chi connectivity index (χ1) is 11.8. The summed E-state index contributed by atoms with van der Waals surface area (Å²) in [4.78, 5) is 16.6. The normalized spacial score (nSPS) is 25.1. The zero-order valence-corrected chi connectivity index (χ0v) is 14.4. The number of carbonyl (C=O) groups excluding carboxylic acids is 1. The molecule has 2 aliphatic rings. The van der Waals surface area contributed by atoms with E-state index in [4.69, 9.17) is 0 Å². The third kappa shape index (κ3) is 3.64. The van der Waals surface area contributed by atoms with E-state index in [1.807, 2.05) is 18.2 Å². The summed E-state index contributed by atoms with van der Waals surface area (Å²) in [5.41, 5.74) is 1.19. The fraction of sp³-hybridized carbons (Fsp3) is 0.500. The topological polar surface area (TPSA) is 70.7 Å². The average Bonchev–Trinajstić information content (AvgIpc) is 3.31. The number of benzene rings is 1. The molecule has 0 saturated heterocycles. The molecule has 126 valence electrons. The number of hydrogen-bond acceptors (Lipinski definition) is 4. The summed E-state index contributed by atoms with van der Waals surface area (Å²) in [5.74, 6) is 2.88. The van der Waals surface area contributed by atoms with E-state index in [1.165, 1.54) is 43.0 Å². The van der Waals surface area contributed by atoms with Crippen LogP contribution < -0.4 is 5.32 Å². The van der Waals surface area contributed by atoms with Crippen molar-refractivity contribution in [1.82, 2.24) is 20.5 Å². The van der Waals surface area contributed by atoms with Gasteiger partial charge in [-0.3, -0.25) is 9.89 Å². The predicted octanol–water partition coefficient (Wildman–Crippen LogP) is 2.79. The highest BCUT2D eigenvalue weighted by Gasteiger charge is 2.39. The highest BCUT2D eigenvalue weighted by atomic mass is 32.2. The Labute approximate surface area is 146 Å². The maximum Gasteiger partial charge on any atom is 0.230 e. The summed E-state index contributed by atoms with van der Waals surface area (Å²) in [6.07, 6.45) is 5.84. The summed E-state index contributed by atoms with van der Waals surface area (Å²) >= 11 is 1.40. The molecule has 2 aromatic rings. The van der Waals surface area contributed by atoms with Gasteiger partial charge in [0, 0.05) is 12.5 Å². The number of fused-ring (bicyclic) bond motifs is 2. The fourth-order valence-corrected chi connectivity index (χ4v) is 4.64.